The van der Waals surface area contributed by atoms with Crippen LogP contribution in [0.15, 0.2) is 10.2 Å². The Labute approximate surface area is 576 Å². The molecule has 0 spiro atoms. The molecular weight excluding hydrogens is 1120 g/mol. The summed E-state index contributed by atoms with van der Waals surface area (Å²) in [4.78, 5) is 32.4. The van der Waals surface area contributed by atoms with Gasteiger partial charge in [-0.25, -0.2) is 0 Å². The van der Waals surface area contributed by atoms with Crippen LogP contribution >= 0.6 is 0 Å². The minimum absolute atomic E-state index is 0.103. The lowest BCUT2D eigenvalue weighted by Crippen LogP contribution is -2.35. The molecule has 0 bridgehead atoms. The lowest BCUT2D eigenvalue weighted by Gasteiger charge is -2.25. The van der Waals surface area contributed by atoms with Gasteiger partial charge in [0, 0.05) is 39.0 Å². The maximum atomic E-state index is 14.1. The number of carbonyl (C=O) groups excluding carboxylic acids is 2. The number of amides is 2. The predicted molar refractivity (Wildman–Crippen MR) is 403 cm³/mol. The van der Waals surface area contributed by atoms with Gasteiger partial charge in [-0.2, -0.15) is 20.8 Å². The van der Waals surface area contributed by atoms with Crippen LogP contribution in [0.3, 0.4) is 0 Å². The van der Waals surface area contributed by atoms with E-state index in [1.54, 1.807) is 13.8 Å². The third-order valence-electron chi connectivity index (χ3n) is 20.5. The second kappa shape index (κ2) is 71.3. The molecule has 2 atom stereocenters. The number of azo groups is 1. The number of rotatable bonds is 76. The third-order valence-corrected chi connectivity index (χ3v) is 20.5. The zero-order valence-electron chi connectivity index (χ0n) is 63.4. The number of hydrogen-bond acceptors (Lipinski definition) is 6. The molecule has 0 aliphatic carbocycles. The van der Waals surface area contributed by atoms with E-state index in [4.69, 9.17) is 0 Å². The maximum Gasteiger partial charge on any atom is 0.222 e. The molecule has 0 radical (unpaired) electrons. The van der Waals surface area contributed by atoms with Crippen LogP contribution in [0.25, 0.3) is 0 Å². The van der Waals surface area contributed by atoms with Crippen LogP contribution in [-0.2, 0) is 9.59 Å². The van der Waals surface area contributed by atoms with Crippen molar-refractivity contribution in [3.05, 3.63) is 0 Å². The van der Waals surface area contributed by atoms with Gasteiger partial charge in [-0.1, -0.05) is 413 Å². The highest BCUT2D eigenvalue weighted by atomic mass is 16.2. The Morgan fingerprint density at radius 2 is 0.380 bits per heavy atom. The molecule has 0 aromatic rings. The Balaban J connectivity index is 5.36. The second-order valence-corrected chi connectivity index (χ2v) is 29.9. The minimum Gasteiger partial charge on any atom is -0.343 e. The van der Waals surface area contributed by atoms with E-state index in [9.17, 15) is 20.1 Å². The molecule has 2 amide bonds. The average Bonchev–Trinajstić information content (AvgIpc) is 1.42. The molecule has 0 saturated carbocycles. The van der Waals surface area contributed by atoms with Crippen LogP contribution in [0.4, 0.5) is 0 Å². The molecule has 0 fully saturated rings. The van der Waals surface area contributed by atoms with Crippen molar-refractivity contribution in [3.63, 3.8) is 0 Å². The third kappa shape index (κ3) is 62.3. The zero-order chi connectivity index (χ0) is 67.0. The quantitative estimate of drug-likeness (QED) is 0.0446. The summed E-state index contributed by atoms with van der Waals surface area (Å²) >= 11 is 0. The first-order valence-corrected chi connectivity index (χ1v) is 42.0. The van der Waals surface area contributed by atoms with Gasteiger partial charge < -0.3 is 9.80 Å². The van der Waals surface area contributed by atoms with E-state index >= 15 is 0 Å². The van der Waals surface area contributed by atoms with Crippen LogP contribution in [0.5, 0.6) is 0 Å². The summed E-state index contributed by atoms with van der Waals surface area (Å²) in [6.45, 7) is 15.8. The highest BCUT2D eigenvalue weighted by Crippen LogP contribution is 2.26. The fraction of sp³-hybridized carbons (Fsp3) is 0.952. The SMILES string of the molecule is CCCCCCCCCCCCCCCCCCN(CCCCCCCCCCCCCCCCCC)C(=O)CCC(C)(C#N)N=NC(C)(C#N)CCC(=O)N(CCCCCCCCCCCCCCCCCC)CCCCCCCCCCCCCCCCCC. The van der Waals surface area contributed by atoms with Gasteiger partial charge in [0.25, 0.3) is 0 Å². The first-order chi connectivity index (χ1) is 45.1. The van der Waals surface area contributed by atoms with Gasteiger partial charge >= 0.3 is 0 Å². The molecular formula is C84H162N6O2. The van der Waals surface area contributed by atoms with Crippen molar-refractivity contribution in [3.8, 4) is 12.1 Å². The molecule has 540 valence electrons. The van der Waals surface area contributed by atoms with Gasteiger partial charge in [0.05, 0.1) is 12.1 Å². The highest BCUT2D eigenvalue weighted by molar-refractivity contribution is 5.76. The molecule has 0 aromatic heterocycles. The molecule has 0 N–H and O–H groups in total. The molecule has 0 heterocycles. The van der Waals surface area contributed by atoms with Crippen molar-refractivity contribution in [1.82, 2.24) is 9.80 Å². The van der Waals surface area contributed by atoms with E-state index in [1.165, 1.54) is 360 Å². The molecule has 0 aliphatic rings. The van der Waals surface area contributed by atoms with Crippen molar-refractivity contribution in [2.45, 2.75) is 489 Å². The molecule has 0 saturated heterocycles. The van der Waals surface area contributed by atoms with Crippen molar-refractivity contribution in [2.75, 3.05) is 26.2 Å². The number of hydrogen-bond donors (Lipinski definition) is 0. The molecule has 0 rings (SSSR count). The lowest BCUT2D eigenvalue weighted by atomic mass is 9.97. The summed E-state index contributed by atoms with van der Waals surface area (Å²) in [5.41, 5.74) is -2.48. The van der Waals surface area contributed by atoms with Crippen LogP contribution in [0.1, 0.15) is 478 Å². The number of nitrogens with zero attached hydrogens (tertiary/aromatic N) is 6. The molecule has 8 nitrogen and oxygen atoms in total. The van der Waals surface area contributed by atoms with E-state index in [0.717, 1.165) is 77.5 Å². The Bertz CT molecular complexity index is 1470. The van der Waals surface area contributed by atoms with E-state index in [2.05, 4.69) is 59.9 Å². The second-order valence-electron chi connectivity index (χ2n) is 29.9. The molecule has 0 aromatic carbocycles. The number of carbonyl (C=O) groups is 2. The molecule has 2 unspecified atom stereocenters. The minimum atomic E-state index is -1.24. The Morgan fingerprint density at radius 1 is 0.250 bits per heavy atom. The predicted octanol–water partition coefficient (Wildman–Crippen LogP) is 28.3. The zero-order valence-corrected chi connectivity index (χ0v) is 63.4. The van der Waals surface area contributed by atoms with Crippen molar-refractivity contribution in [2.24, 2.45) is 10.2 Å². The van der Waals surface area contributed by atoms with E-state index < -0.39 is 11.1 Å². The fourth-order valence-electron chi connectivity index (χ4n) is 13.6. The van der Waals surface area contributed by atoms with Crippen molar-refractivity contribution >= 4 is 11.8 Å². The van der Waals surface area contributed by atoms with Crippen molar-refractivity contribution < 1.29 is 9.59 Å². The standard InChI is InChI=1S/C84H162N6O2/c1-7-11-15-19-23-27-31-35-39-43-47-51-55-59-63-67-75-89(76-68-64-60-56-52-48-44-40-36-32-28-24-20-16-12-8-2)81(91)71-73-83(5,79-85)87-88-84(6,80-86)74-72-82(92)90(77-69-65-61-57-53-49-45-41-37-33-29-25-21-17-13-9-3)78-70-66-62-58-54-50-46-42-38-34-30-26-22-18-14-10-4/h7-78H2,1-6H3. The van der Waals surface area contributed by atoms with Gasteiger partial charge in [-0.05, 0) is 52.4 Å². The van der Waals surface area contributed by atoms with Crippen LogP contribution in [0.2, 0.25) is 0 Å². The fourth-order valence-corrected chi connectivity index (χ4v) is 13.6. The monoisotopic (exact) mass is 1290 g/mol. The summed E-state index contributed by atoms with van der Waals surface area (Å²) in [6, 6.07) is 4.73. The molecule has 92 heavy (non-hydrogen) atoms. The van der Waals surface area contributed by atoms with Crippen LogP contribution < -0.4 is 0 Å². The van der Waals surface area contributed by atoms with Crippen LogP contribution in [0, 0.1) is 22.7 Å². The van der Waals surface area contributed by atoms with Crippen molar-refractivity contribution in [1.29, 1.82) is 10.5 Å². The maximum absolute atomic E-state index is 14.1. The molecule has 8 heteroatoms. The average molecular weight is 1290 g/mol. The van der Waals surface area contributed by atoms with Crippen LogP contribution in [-0.4, -0.2) is 58.9 Å². The normalized spacial score (nSPS) is 13.0. The van der Waals surface area contributed by atoms with Gasteiger partial charge in [0.1, 0.15) is 0 Å². The van der Waals surface area contributed by atoms with Gasteiger partial charge in [-0.15, -0.1) is 0 Å². The first kappa shape index (κ1) is 89.5. The smallest absolute Gasteiger partial charge is 0.222 e. The van der Waals surface area contributed by atoms with Gasteiger partial charge in [-0.3, -0.25) is 9.59 Å². The lowest BCUT2D eigenvalue weighted by molar-refractivity contribution is -0.132. The summed E-state index contributed by atoms with van der Waals surface area (Å²) < 4.78 is 0. The summed E-state index contributed by atoms with van der Waals surface area (Å²) in [5, 5.41) is 30.2. The summed E-state index contributed by atoms with van der Waals surface area (Å²) in [5.74, 6) is 0.206. The number of unbranched alkanes of at least 4 members (excludes halogenated alkanes) is 60. The first-order valence-electron chi connectivity index (χ1n) is 42.0. The van der Waals surface area contributed by atoms with E-state index in [-0.39, 0.29) is 37.5 Å². The van der Waals surface area contributed by atoms with Gasteiger partial charge in [0.2, 0.25) is 11.8 Å². The largest absolute Gasteiger partial charge is 0.343 e. The Morgan fingerprint density at radius 3 is 0.511 bits per heavy atom. The van der Waals surface area contributed by atoms with Gasteiger partial charge in [0.15, 0.2) is 11.1 Å². The molecule has 0 aliphatic heterocycles. The number of nitriles is 2. The Kier molecular flexibility index (Phi) is 69.4. The van der Waals surface area contributed by atoms with E-state index in [0.29, 0.717) is 0 Å². The highest BCUT2D eigenvalue weighted by Gasteiger charge is 2.31. The summed E-state index contributed by atoms with van der Waals surface area (Å²) in [6.07, 6.45) is 86.1. The summed E-state index contributed by atoms with van der Waals surface area (Å²) in [7, 11) is 0. The van der Waals surface area contributed by atoms with E-state index in [1.807, 2.05) is 0 Å². The topological polar surface area (TPSA) is 113 Å². The Hall–Kier alpha value is -2.48.